The van der Waals surface area contributed by atoms with Gasteiger partial charge in [-0.15, -0.1) is 0 Å². The monoisotopic (exact) mass is 530 g/mol. The van der Waals surface area contributed by atoms with E-state index in [9.17, 15) is 8.42 Å². The molecule has 5 heteroatoms. The lowest BCUT2D eigenvalue weighted by Gasteiger charge is -2.24. The summed E-state index contributed by atoms with van der Waals surface area (Å²) in [4.78, 5) is 2.50. The fourth-order valence-corrected chi connectivity index (χ4v) is 6.94. The van der Waals surface area contributed by atoms with E-state index in [4.69, 9.17) is 0 Å². The second-order valence-corrected chi connectivity index (χ2v) is 12.8. The van der Waals surface area contributed by atoms with Crippen LogP contribution in [0.2, 0.25) is 0 Å². The Morgan fingerprint density at radius 2 is 1.00 bits per heavy atom. The Balaban J connectivity index is 2.08. The van der Waals surface area contributed by atoms with E-state index < -0.39 is 10.0 Å². The van der Waals surface area contributed by atoms with Crippen LogP contribution < -0.4 is 4.90 Å². The molecule has 2 aromatic rings. The van der Waals surface area contributed by atoms with E-state index in [0.29, 0.717) is 18.0 Å². The smallest absolute Gasteiger partial charge is 0.243 e. The van der Waals surface area contributed by atoms with Crippen LogP contribution in [0, 0.1) is 0 Å². The zero-order valence-corrected chi connectivity index (χ0v) is 25.1. The minimum atomic E-state index is -3.56. The molecule has 210 valence electrons. The SMILES string of the molecule is CCCCCCCCCCN(CCCCCCCCCC)S(=O)(=O)c1cccc2c(N(C)C)cccc12. The van der Waals surface area contributed by atoms with Gasteiger partial charge in [-0.3, -0.25) is 0 Å². The van der Waals surface area contributed by atoms with Crippen molar-refractivity contribution in [3.63, 3.8) is 0 Å². The van der Waals surface area contributed by atoms with Crippen molar-refractivity contribution in [2.24, 2.45) is 0 Å². The third kappa shape index (κ3) is 10.6. The van der Waals surface area contributed by atoms with E-state index in [-0.39, 0.29) is 0 Å². The average molecular weight is 531 g/mol. The summed E-state index contributed by atoms with van der Waals surface area (Å²) in [5.41, 5.74) is 1.05. The molecule has 0 radical (unpaired) electrons. The first kappa shape index (κ1) is 31.6. The molecule has 0 spiro atoms. The first-order chi connectivity index (χ1) is 17.9. The van der Waals surface area contributed by atoms with Gasteiger partial charge in [0.2, 0.25) is 10.0 Å². The number of rotatable bonds is 21. The molecule has 4 nitrogen and oxygen atoms in total. The predicted octanol–water partition coefficient (Wildman–Crippen LogP) is 9.18. The summed E-state index contributed by atoms with van der Waals surface area (Å²) in [6.45, 7) is 5.74. The van der Waals surface area contributed by atoms with E-state index in [1.807, 2.05) is 38.4 Å². The molecular weight excluding hydrogens is 476 g/mol. The summed E-state index contributed by atoms with van der Waals surface area (Å²) < 4.78 is 29.8. The molecule has 0 unspecified atom stereocenters. The van der Waals surface area contributed by atoms with Crippen molar-refractivity contribution in [1.29, 1.82) is 0 Å². The number of nitrogens with zero attached hydrogens (tertiary/aromatic N) is 2. The fourth-order valence-electron chi connectivity index (χ4n) is 5.21. The molecule has 0 bridgehead atoms. The highest BCUT2D eigenvalue weighted by atomic mass is 32.2. The molecule has 37 heavy (non-hydrogen) atoms. The normalized spacial score (nSPS) is 12.0. The van der Waals surface area contributed by atoms with Gasteiger partial charge in [-0.25, -0.2) is 8.42 Å². The third-order valence-corrected chi connectivity index (χ3v) is 9.44. The van der Waals surface area contributed by atoms with Gasteiger partial charge in [0.1, 0.15) is 0 Å². The average Bonchev–Trinajstić information content (AvgIpc) is 2.89. The maximum atomic E-state index is 14.0. The van der Waals surface area contributed by atoms with Crippen LogP contribution in [-0.4, -0.2) is 39.9 Å². The van der Waals surface area contributed by atoms with Crippen LogP contribution in [0.4, 0.5) is 5.69 Å². The van der Waals surface area contributed by atoms with Crippen molar-refractivity contribution in [3.8, 4) is 0 Å². The second-order valence-electron chi connectivity index (χ2n) is 10.9. The molecule has 0 fully saturated rings. The standard InChI is InChI=1S/C32H54N2O2S/c1-5-7-9-11-13-15-17-19-27-34(28-20-18-16-14-12-10-8-6-2)37(35,36)32-26-22-23-29-30(32)24-21-25-31(29)33(3)4/h21-26H,5-20,27-28H2,1-4H3. The van der Waals surface area contributed by atoms with Crippen LogP contribution in [0.15, 0.2) is 41.3 Å². The van der Waals surface area contributed by atoms with Gasteiger partial charge in [-0.2, -0.15) is 4.31 Å². The van der Waals surface area contributed by atoms with Gasteiger partial charge in [0.05, 0.1) is 4.90 Å². The van der Waals surface area contributed by atoms with E-state index in [1.165, 1.54) is 77.0 Å². The van der Waals surface area contributed by atoms with E-state index in [1.54, 1.807) is 10.4 Å². The van der Waals surface area contributed by atoms with Gasteiger partial charge >= 0.3 is 0 Å². The number of unbranched alkanes of at least 4 members (excludes halogenated alkanes) is 14. The van der Waals surface area contributed by atoms with Gasteiger partial charge in [0.25, 0.3) is 0 Å². The lowest BCUT2D eigenvalue weighted by molar-refractivity contribution is 0.383. The van der Waals surface area contributed by atoms with E-state index in [0.717, 1.165) is 42.1 Å². The lowest BCUT2D eigenvalue weighted by Crippen LogP contribution is -2.33. The quantitative estimate of drug-likeness (QED) is 0.151. The molecule has 0 N–H and O–H groups in total. The Hall–Kier alpha value is -1.59. The summed E-state index contributed by atoms with van der Waals surface area (Å²) in [7, 11) is 0.449. The zero-order valence-electron chi connectivity index (χ0n) is 24.3. The summed E-state index contributed by atoms with van der Waals surface area (Å²) in [5.74, 6) is 0. The fraction of sp³-hybridized carbons (Fsp3) is 0.688. The topological polar surface area (TPSA) is 40.6 Å². The van der Waals surface area contributed by atoms with Crippen molar-refractivity contribution >= 4 is 26.5 Å². The van der Waals surface area contributed by atoms with Crippen LogP contribution in [0.3, 0.4) is 0 Å². The summed E-state index contributed by atoms with van der Waals surface area (Å²) in [6, 6.07) is 11.7. The van der Waals surface area contributed by atoms with Gasteiger partial charge in [0, 0.05) is 43.6 Å². The highest BCUT2D eigenvalue weighted by molar-refractivity contribution is 7.89. The number of benzene rings is 2. The largest absolute Gasteiger partial charge is 0.377 e. The Bertz CT molecular complexity index is 967. The number of anilines is 1. The highest BCUT2D eigenvalue weighted by Crippen LogP contribution is 2.32. The van der Waals surface area contributed by atoms with Crippen molar-refractivity contribution in [2.45, 2.75) is 121 Å². The maximum Gasteiger partial charge on any atom is 0.243 e. The van der Waals surface area contributed by atoms with Gasteiger partial charge in [0.15, 0.2) is 0 Å². The number of fused-ring (bicyclic) bond motifs is 1. The molecule has 2 aromatic carbocycles. The first-order valence-electron chi connectivity index (χ1n) is 15.1. The van der Waals surface area contributed by atoms with Crippen LogP contribution in [0.5, 0.6) is 0 Å². The van der Waals surface area contributed by atoms with E-state index >= 15 is 0 Å². The predicted molar refractivity (Wildman–Crippen MR) is 162 cm³/mol. The van der Waals surface area contributed by atoms with Gasteiger partial charge in [-0.05, 0) is 25.0 Å². The molecule has 0 atom stereocenters. The summed E-state index contributed by atoms with van der Waals surface area (Å²) in [6.07, 6.45) is 19.5. The Morgan fingerprint density at radius 3 is 1.49 bits per heavy atom. The molecule has 0 saturated carbocycles. The number of sulfonamides is 1. The number of hydrogen-bond donors (Lipinski definition) is 0. The van der Waals surface area contributed by atoms with Crippen LogP contribution in [0.1, 0.15) is 117 Å². The van der Waals surface area contributed by atoms with Crippen molar-refractivity contribution in [1.82, 2.24) is 4.31 Å². The molecule has 0 aliphatic heterocycles. The van der Waals surface area contributed by atoms with E-state index in [2.05, 4.69) is 24.8 Å². The molecule has 0 heterocycles. The minimum Gasteiger partial charge on any atom is -0.377 e. The first-order valence-corrected chi connectivity index (χ1v) is 16.6. The summed E-state index contributed by atoms with van der Waals surface area (Å²) >= 11 is 0. The Labute approximate surface area is 228 Å². The minimum absolute atomic E-state index is 0.452. The van der Waals surface area contributed by atoms with Crippen LogP contribution in [-0.2, 0) is 10.0 Å². The molecule has 0 amide bonds. The molecule has 0 aliphatic carbocycles. The van der Waals surface area contributed by atoms with Crippen molar-refractivity contribution < 1.29 is 8.42 Å². The lowest BCUT2D eigenvalue weighted by atomic mass is 10.1. The Morgan fingerprint density at radius 1 is 0.568 bits per heavy atom. The second kappa shape index (κ2) is 17.8. The van der Waals surface area contributed by atoms with Crippen molar-refractivity contribution in [2.75, 3.05) is 32.1 Å². The zero-order chi connectivity index (χ0) is 26.9. The molecule has 0 saturated heterocycles. The van der Waals surface area contributed by atoms with Gasteiger partial charge < -0.3 is 4.90 Å². The Kier molecular flexibility index (Phi) is 15.2. The van der Waals surface area contributed by atoms with Crippen LogP contribution >= 0.6 is 0 Å². The maximum absolute atomic E-state index is 14.0. The third-order valence-electron chi connectivity index (χ3n) is 7.48. The summed E-state index contributed by atoms with van der Waals surface area (Å²) in [5, 5.41) is 1.82. The highest BCUT2D eigenvalue weighted by Gasteiger charge is 2.26. The van der Waals surface area contributed by atoms with Gasteiger partial charge in [-0.1, -0.05) is 128 Å². The van der Waals surface area contributed by atoms with Crippen molar-refractivity contribution in [3.05, 3.63) is 36.4 Å². The molecule has 0 aromatic heterocycles. The molecule has 2 rings (SSSR count). The molecule has 0 aliphatic rings. The number of hydrogen-bond acceptors (Lipinski definition) is 3. The van der Waals surface area contributed by atoms with Crippen LogP contribution in [0.25, 0.3) is 10.8 Å². The molecular formula is C32H54N2O2S.